The number of hydrogen-bond acceptors (Lipinski definition) is 2. The van der Waals surface area contributed by atoms with Gasteiger partial charge >= 0.3 is 5.97 Å². The van der Waals surface area contributed by atoms with Crippen molar-refractivity contribution in [2.24, 2.45) is 0 Å². The number of carbonyl (C=O) groups is 2. The lowest BCUT2D eigenvalue weighted by molar-refractivity contribution is 0.0697. The maximum atomic E-state index is 12.9. The third-order valence-corrected chi connectivity index (χ3v) is 4.89. The van der Waals surface area contributed by atoms with Gasteiger partial charge < -0.3 is 5.11 Å². The van der Waals surface area contributed by atoms with Crippen molar-refractivity contribution in [3.8, 4) is 11.1 Å². The molecule has 0 aliphatic heterocycles. The van der Waals surface area contributed by atoms with Crippen molar-refractivity contribution >= 4 is 33.3 Å². The van der Waals surface area contributed by atoms with Crippen LogP contribution in [0.25, 0.3) is 32.7 Å². The van der Waals surface area contributed by atoms with Gasteiger partial charge in [-0.05, 0) is 69.1 Å². The number of fused-ring (bicyclic) bond motifs is 5. The highest BCUT2D eigenvalue weighted by Crippen LogP contribution is 2.40. The summed E-state index contributed by atoms with van der Waals surface area (Å²) in [6.45, 7) is 0. The van der Waals surface area contributed by atoms with Gasteiger partial charge in [0.25, 0.3) is 0 Å². The molecule has 4 aromatic carbocycles. The molecule has 1 aliphatic carbocycles. The highest BCUT2D eigenvalue weighted by molar-refractivity contribution is 6.25. The summed E-state index contributed by atoms with van der Waals surface area (Å²) in [6.07, 6.45) is 0. The van der Waals surface area contributed by atoms with Crippen LogP contribution in [-0.2, 0) is 0 Å². The van der Waals surface area contributed by atoms with Gasteiger partial charge in [0.1, 0.15) is 0 Å². The van der Waals surface area contributed by atoms with Crippen LogP contribution in [0.5, 0.6) is 0 Å². The Balaban J connectivity index is 1.81. The largest absolute Gasteiger partial charge is 0.478 e. The molecule has 25 heavy (non-hydrogen) atoms. The van der Waals surface area contributed by atoms with Gasteiger partial charge in [-0.15, -0.1) is 0 Å². The Labute approximate surface area is 143 Å². The summed E-state index contributed by atoms with van der Waals surface area (Å²) in [4.78, 5) is 24.1. The molecule has 118 valence electrons. The van der Waals surface area contributed by atoms with Crippen molar-refractivity contribution in [2.45, 2.75) is 0 Å². The summed E-state index contributed by atoms with van der Waals surface area (Å²) in [7, 11) is 0. The lowest BCUT2D eigenvalue weighted by Gasteiger charge is -2.05. The molecule has 1 aliphatic rings. The van der Waals surface area contributed by atoms with Gasteiger partial charge in [-0.2, -0.15) is 0 Å². The minimum atomic E-state index is -0.969. The van der Waals surface area contributed by atoms with Crippen LogP contribution >= 0.6 is 0 Å². The fourth-order valence-electron chi connectivity index (χ4n) is 3.64. The summed E-state index contributed by atoms with van der Waals surface area (Å²) in [6, 6.07) is 20.8. The van der Waals surface area contributed by atoms with Crippen molar-refractivity contribution in [3.63, 3.8) is 0 Å². The number of aromatic carboxylic acids is 1. The molecule has 0 radical (unpaired) electrons. The molecule has 3 nitrogen and oxygen atoms in total. The smallest absolute Gasteiger partial charge is 0.335 e. The zero-order valence-electron chi connectivity index (χ0n) is 13.1. The van der Waals surface area contributed by atoms with Crippen LogP contribution in [0.2, 0.25) is 0 Å². The summed E-state index contributed by atoms with van der Waals surface area (Å²) in [5, 5.41) is 13.0. The van der Waals surface area contributed by atoms with E-state index in [9.17, 15) is 14.7 Å². The van der Waals surface area contributed by atoms with Gasteiger partial charge in [-0.3, -0.25) is 4.79 Å². The maximum Gasteiger partial charge on any atom is 0.335 e. The van der Waals surface area contributed by atoms with E-state index in [1.165, 1.54) is 0 Å². The first-order valence-electron chi connectivity index (χ1n) is 8.01. The molecule has 5 rings (SSSR count). The van der Waals surface area contributed by atoms with E-state index in [1.54, 1.807) is 18.2 Å². The van der Waals surface area contributed by atoms with Gasteiger partial charge in [0.05, 0.1) is 5.56 Å². The third kappa shape index (κ3) is 1.93. The number of benzene rings is 4. The van der Waals surface area contributed by atoms with Gasteiger partial charge in [-0.25, -0.2) is 4.79 Å². The summed E-state index contributed by atoms with van der Waals surface area (Å²) in [5.74, 6) is -0.971. The number of carbonyl (C=O) groups excluding carboxylic acids is 1. The molecule has 0 bridgehead atoms. The second kappa shape index (κ2) is 4.77. The molecule has 0 heterocycles. The number of rotatable bonds is 1. The first-order chi connectivity index (χ1) is 12.1. The number of carboxylic acids is 1. The van der Waals surface area contributed by atoms with Crippen LogP contribution in [0.15, 0.2) is 66.7 Å². The average Bonchev–Trinajstić information content (AvgIpc) is 2.89. The minimum absolute atomic E-state index is 0.00150. The van der Waals surface area contributed by atoms with Crippen molar-refractivity contribution in [1.29, 1.82) is 0 Å². The van der Waals surface area contributed by atoms with Gasteiger partial charge in [-0.1, -0.05) is 30.3 Å². The van der Waals surface area contributed by atoms with Crippen molar-refractivity contribution < 1.29 is 14.7 Å². The third-order valence-electron chi connectivity index (χ3n) is 4.89. The topological polar surface area (TPSA) is 54.4 Å². The molecule has 0 saturated carbocycles. The van der Waals surface area contributed by atoms with Gasteiger partial charge in [0.15, 0.2) is 5.78 Å². The number of hydrogen-bond donors (Lipinski definition) is 1. The first-order valence-corrected chi connectivity index (χ1v) is 8.01. The highest BCUT2D eigenvalue weighted by Gasteiger charge is 2.27. The summed E-state index contributed by atoms with van der Waals surface area (Å²) >= 11 is 0. The Morgan fingerprint density at radius 3 is 1.76 bits per heavy atom. The van der Waals surface area contributed by atoms with Crippen LogP contribution in [0.1, 0.15) is 26.3 Å². The highest BCUT2D eigenvalue weighted by atomic mass is 16.4. The van der Waals surface area contributed by atoms with Crippen LogP contribution in [-0.4, -0.2) is 16.9 Å². The minimum Gasteiger partial charge on any atom is -0.478 e. The summed E-state index contributed by atoms with van der Waals surface area (Å²) < 4.78 is 0. The fourth-order valence-corrected chi connectivity index (χ4v) is 3.64. The van der Waals surface area contributed by atoms with Crippen molar-refractivity contribution in [1.82, 2.24) is 0 Å². The van der Waals surface area contributed by atoms with Crippen LogP contribution in [0, 0.1) is 0 Å². The molecule has 4 aromatic rings. The van der Waals surface area contributed by atoms with E-state index in [0.717, 1.165) is 32.7 Å². The van der Waals surface area contributed by atoms with E-state index >= 15 is 0 Å². The molecule has 1 N–H and O–H groups in total. The lowest BCUT2D eigenvalue weighted by Crippen LogP contribution is -1.97. The van der Waals surface area contributed by atoms with E-state index in [2.05, 4.69) is 6.07 Å². The molecule has 0 aromatic heterocycles. The second-order valence-corrected chi connectivity index (χ2v) is 6.34. The lowest BCUT2D eigenvalue weighted by atomic mass is 9.98. The van der Waals surface area contributed by atoms with E-state index in [4.69, 9.17) is 0 Å². The van der Waals surface area contributed by atoms with E-state index in [-0.39, 0.29) is 11.3 Å². The monoisotopic (exact) mass is 324 g/mol. The van der Waals surface area contributed by atoms with E-state index in [1.807, 2.05) is 42.5 Å². The van der Waals surface area contributed by atoms with E-state index < -0.39 is 5.97 Å². The average molecular weight is 324 g/mol. The van der Waals surface area contributed by atoms with Gasteiger partial charge in [0, 0.05) is 11.1 Å². The predicted octanol–water partition coefficient (Wildman–Crippen LogP) is 4.90. The zero-order chi connectivity index (χ0) is 17.1. The summed E-state index contributed by atoms with van der Waals surface area (Å²) in [5.41, 5.74) is 3.44. The predicted molar refractivity (Wildman–Crippen MR) is 97.3 cm³/mol. The van der Waals surface area contributed by atoms with Crippen LogP contribution < -0.4 is 0 Å². The molecule has 0 fully saturated rings. The molecule has 0 spiro atoms. The SMILES string of the molecule is O=C(O)c1ccc2cc3c(cc2c1)C(=O)c1cc2ccccc2cc1-3. The van der Waals surface area contributed by atoms with Crippen molar-refractivity contribution in [3.05, 3.63) is 83.4 Å². The number of ketones is 1. The normalized spacial score (nSPS) is 12.4. The van der Waals surface area contributed by atoms with Crippen LogP contribution in [0.3, 0.4) is 0 Å². The first kappa shape index (κ1) is 13.9. The molecular formula is C22H12O3. The second-order valence-electron chi connectivity index (χ2n) is 6.34. The van der Waals surface area contributed by atoms with Crippen LogP contribution in [0.4, 0.5) is 0 Å². The molecule has 3 heteroatoms. The Hall–Kier alpha value is -3.46. The van der Waals surface area contributed by atoms with Crippen molar-refractivity contribution in [2.75, 3.05) is 0 Å². The Bertz CT molecular complexity index is 1230. The fraction of sp³-hybridized carbons (Fsp3) is 0. The maximum absolute atomic E-state index is 12.9. The van der Waals surface area contributed by atoms with E-state index in [0.29, 0.717) is 11.1 Å². The zero-order valence-corrected chi connectivity index (χ0v) is 13.1. The standard InChI is InChI=1S/C22H12O3/c23-21-19-10-13-4-2-1-3-12(13)8-17(19)18-9-14-5-6-15(22(24)25)7-16(14)11-20(18)21/h1-11H,(H,24,25). The molecular weight excluding hydrogens is 312 g/mol. The Morgan fingerprint density at radius 1 is 0.640 bits per heavy atom. The Morgan fingerprint density at radius 2 is 1.16 bits per heavy atom. The molecule has 0 unspecified atom stereocenters. The Kier molecular flexibility index (Phi) is 2.66. The van der Waals surface area contributed by atoms with Gasteiger partial charge in [0.2, 0.25) is 0 Å². The quantitative estimate of drug-likeness (QED) is 0.477. The molecule has 0 atom stereocenters. The molecule has 0 saturated heterocycles. The number of carboxylic acid groups (broad SMARTS) is 1. The molecule has 0 amide bonds.